The van der Waals surface area contributed by atoms with Crippen molar-refractivity contribution in [2.24, 2.45) is 0 Å². The zero-order valence-corrected chi connectivity index (χ0v) is 11.5. The van der Waals surface area contributed by atoms with Gasteiger partial charge in [0.1, 0.15) is 11.6 Å². The van der Waals surface area contributed by atoms with Crippen LogP contribution in [0, 0.1) is 5.82 Å². The van der Waals surface area contributed by atoms with Gasteiger partial charge in [-0.3, -0.25) is 0 Å². The number of hydrogen-bond donors (Lipinski definition) is 1. The molecule has 7 heteroatoms. The fraction of sp³-hybridized carbons (Fsp3) is 0.538. The molecule has 0 radical (unpaired) electrons. The summed E-state index contributed by atoms with van der Waals surface area (Å²) < 4.78 is 54.3. The van der Waals surface area contributed by atoms with Crippen molar-refractivity contribution in [2.75, 3.05) is 12.4 Å². The van der Waals surface area contributed by atoms with Gasteiger partial charge in [-0.25, -0.2) is 4.39 Å². The fourth-order valence-electron chi connectivity index (χ4n) is 1.67. The van der Waals surface area contributed by atoms with Gasteiger partial charge >= 0.3 is 5.51 Å². The van der Waals surface area contributed by atoms with Gasteiger partial charge in [-0.1, -0.05) is 0 Å². The lowest BCUT2D eigenvalue weighted by molar-refractivity contribution is -0.0329. The minimum absolute atomic E-state index is 0.108. The van der Waals surface area contributed by atoms with Gasteiger partial charge in [-0.05, 0) is 42.3 Å². The molecule has 1 aliphatic rings. The Balaban J connectivity index is 1.80. The third-order valence-electron chi connectivity index (χ3n) is 2.72. The second-order valence-electron chi connectivity index (χ2n) is 4.59. The van der Waals surface area contributed by atoms with Crippen LogP contribution in [-0.4, -0.2) is 23.9 Å². The molecule has 0 unspecified atom stereocenters. The van der Waals surface area contributed by atoms with Crippen molar-refractivity contribution < 1.29 is 22.3 Å². The van der Waals surface area contributed by atoms with Crippen molar-refractivity contribution in [3.8, 4) is 5.75 Å². The van der Waals surface area contributed by atoms with Crippen molar-refractivity contribution in [3.05, 3.63) is 29.6 Å². The molecule has 0 amide bonds. The Morgan fingerprint density at radius 3 is 2.65 bits per heavy atom. The van der Waals surface area contributed by atoms with Crippen LogP contribution in [0.2, 0.25) is 0 Å². The van der Waals surface area contributed by atoms with E-state index in [1.807, 2.05) is 0 Å². The zero-order chi connectivity index (χ0) is 14.6. The monoisotopic (exact) mass is 309 g/mol. The smallest absolute Gasteiger partial charge is 0.441 e. The molecule has 0 spiro atoms. The Morgan fingerprint density at radius 2 is 2.00 bits per heavy atom. The van der Waals surface area contributed by atoms with Crippen LogP contribution in [0.4, 0.5) is 17.6 Å². The fourth-order valence-corrected chi connectivity index (χ4v) is 2.07. The highest BCUT2D eigenvalue weighted by atomic mass is 32.2. The van der Waals surface area contributed by atoms with Gasteiger partial charge in [0.05, 0.1) is 6.61 Å². The molecule has 0 aromatic heterocycles. The van der Waals surface area contributed by atoms with Crippen LogP contribution in [0.25, 0.3) is 0 Å². The molecule has 0 bridgehead atoms. The van der Waals surface area contributed by atoms with Crippen LogP contribution in [0.15, 0.2) is 18.2 Å². The van der Waals surface area contributed by atoms with E-state index < -0.39 is 11.3 Å². The standard InChI is InChI=1S/C13H15F4NOS/c14-10-5-9(8-18-11-1-2-11)6-12(7-10)19-3-4-20-13(15,16)17/h5-7,11,18H,1-4,8H2. The molecule has 0 atom stereocenters. The molecule has 1 aliphatic carbocycles. The van der Waals surface area contributed by atoms with Gasteiger partial charge in [0.15, 0.2) is 0 Å². The molecule has 2 rings (SSSR count). The highest BCUT2D eigenvalue weighted by molar-refractivity contribution is 8.00. The van der Waals surface area contributed by atoms with Crippen molar-refractivity contribution >= 4 is 11.8 Å². The topological polar surface area (TPSA) is 21.3 Å². The lowest BCUT2D eigenvalue weighted by atomic mass is 10.2. The van der Waals surface area contributed by atoms with E-state index in [0.717, 1.165) is 18.4 Å². The van der Waals surface area contributed by atoms with Crippen molar-refractivity contribution in [2.45, 2.75) is 30.9 Å². The number of hydrogen-bond acceptors (Lipinski definition) is 3. The molecule has 20 heavy (non-hydrogen) atoms. The summed E-state index contributed by atoms with van der Waals surface area (Å²) in [6.45, 7) is 0.430. The Kier molecular flexibility index (Phi) is 5.15. The average molecular weight is 309 g/mol. The lowest BCUT2D eigenvalue weighted by Crippen LogP contribution is -2.15. The maximum Gasteiger partial charge on any atom is 0.441 e. The maximum absolute atomic E-state index is 13.4. The molecule has 0 saturated heterocycles. The molecular formula is C13H15F4NOS. The number of halogens is 4. The first kappa shape index (κ1) is 15.4. The van der Waals surface area contributed by atoms with E-state index in [-0.39, 0.29) is 29.9 Å². The van der Waals surface area contributed by atoms with Gasteiger partial charge in [0.2, 0.25) is 0 Å². The first-order valence-electron chi connectivity index (χ1n) is 6.29. The summed E-state index contributed by atoms with van der Waals surface area (Å²) in [5, 5.41) is 3.24. The number of nitrogens with one attached hydrogen (secondary N) is 1. The van der Waals surface area contributed by atoms with Crippen molar-refractivity contribution in [1.82, 2.24) is 5.32 Å². The minimum atomic E-state index is -4.26. The normalized spacial score (nSPS) is 15.4. The first-order chi connectivity index (χ1) is 9.42. The van der Waals surface area contributed by atoms with E-state index in [9.17, 15) is 17.6 Å². The summed E-state index contributed by atoms with van der Waals surface area (Å²) in [5.41, 5.74) is -3.53. The van der Waals surface area contributed by atoms with Crippen LogP contribution in [0.5, 0.6) is 5.75 Å². The lowest BCUT2D eigenvalue weighted by Gasteiger charge is -2.10. The van der Waals surface area contributed by atoms with E-state index in [1.165, 1.54) is 12.1 Å². The number of rotatable bonds is 7. The van der Waals surface area contributed by atoms with E-state index in [1.54, 1.807) is 6.07 Å². The Morgan fingerprint density at radius 1 is 1.25 bits per heavy atom. The van der Waals surface area contributed by atoms with Crippen LogP contribution in [0.1, 0.15) is 18.4 Å². The third kappa shape index (κ3) is 6.00. The predicted octanol–water partition coefficient (Wildman–Crippen LogP) is 3.71. The summed E-state index contributed by atoms with van der Waals surface area (Å²) >= 11 is -0.147. The molecule has 1 aromatic rings. The molecule has 112 valence electrons. The zero-order valence-electron chi connectivity index (χ0n) is 10.7. The molecule has 1 saturated carbocycles. The predicted molar refractivity (Wildman–Crippen MR) is 70.3 cm³/mol. The first-order valence-corrected chi connectivity index (χ1v) is 7.27. The molecule has 0 heterocycles. The summed E-state index contributed by atoms with van der Waals surface area (Å²) in [6.07, 6.45) is 2.26. The van der Waals surface area contributed by atoms with Crippen molar-refractivity contribution in [3.63, 3.8) is 0 Å². The van der Waals surface area contributed by atoms with Gasteiger partial charge < -0.3 is 10.1 Å². The summed E-state index contributed by atoms with van der Waals surface area (Å²) in [5.74, 6) is -0.394. The summed E-state index contributed by atoms with van der Waals surface area (Å²) in [7, 11) is 0. The third-order valence-corrected chi connectivity index (χ3v) is 3.42. The second-order valence-corrected chi connectivity index (χ2v) is 5.75. The van der Waals surface area contributed by atoms with Gasteiger partial charge in [-0.2, -0.15) is 13.2 Å². The van der Waals surface area contributed by atoms with Crippen LogP contribution in [0.3, 0.4) is 0 Å². The Labute approximate surface area is 118 Å². The van der Waals surface area contributed by atoms with Gasteiger partial charge in [0.25, 0.3) is 0 Å². The van der Waals surface area contributed by atoms with Gasteiger partial charge in [-0.15, -0.1) is 0 Å². The number of thioether (sulfide) groups is 1. The molecule has 1 N–H and O–H groups in total. The Hall–Kier alpha value is -0.950. The van der Waals surface area contributed by atoms with E-state index >= 15 is 0 Å². The summed E-state index contributed by atoms with van der Waals surface area (Å²) in [6, 6.07) is 4.73. The number of alkyl halides is 3. The largest absolute Gasteiger partial charge is 0.493 e. The second kappa shape index (κ2) is 6.67. The van der Waals surface area contributed by atoms with Gasteiger partial charge in [0, 0.05) is 24.4 Å². The molecular weight excluding hydrogens is 294 g/mol. The van der Waals surface area contributed by atoms with Crippen molar-refractivity contribution in [1.29, 1.82) is 0 Å². The highest BCUT2D eigenvalue weighted by Crippen LogP contribution is 2.30. The average Bonchev–Trinajstić information content (AvgIpc) is 3.14. The number of ether oxygens (including phenoxy) is 1. The molecule has 1 aromatic carbocycles. The Bertz CT molecular complexity index is 448. The van der Waals surface area contributed by atoms with E-state index in [4.69, 9.17) is 4.74 Å². The SMILES string of the molecule is Fc1cc(CNC2CC2)cc(OCCSC(F)(F)F)c1. The molecule has 2 nitrogen and oxygen atoms in total. The number of benzene rings is 1. The van der Waals surface area contributed by atoms with E-state index in [2.05, 4.69) is 5.32 Å². The molecule has 1 fully saturated rings. The van der Waals surface area contributed by atoms with Crippen LogP contribution >= 0.6 is 11.8 Å². The quantitative estimate of drug-likeness (QED) is 0.613. The van der Waals surface area contributed by atoms with Crippen LogP contribution < -0.4 is 10.1 Å². The maximum atomic E-state index is 13.4. The van der Waals surface area contributed by atoms with Crippen LogP contribution in [-0.2, 0) is 6.54 Å². The minimum Gasteiger partial charge on any atom is -0.493 e. The summed E-state index contributed by atoms with van der Waals surface area (Å²) in [4.78, 5) is 0. The molecule has 0 aliphatic heterocycles. The van der Waals surface area contributed by atoms with E-state index in [0.29, 0.717) is 12.6 Å². The highest BCUT2D eigenvalue weighted by Gasteiger charge is 2.27.